The van der Waals surface area contributed by atoms with E-state index in [9.17, 15) is 0 Å². The lowest BCUT2D eigenvalue weighted by Gasteiger charge is -2.11. The molecule has 1 aromatic rings. The number of halogens is 1. The molecule has 1 saturated heterocycles. The topological polar surface area (TPSA) is 31.6 Å². The van der Waals surface area contributed by atoms with Gasteiger partial charge in [-0.25, -0.2) is 0 Å². The SMILES string of the molecule is C#CCOC1OCCC1Br.c1ccoc1. The van der Waals surface area contributed by atoms with Gasteiger partial charge in [-0.2, -0.15) is 0 Å². The first-order valence-corrected chi connectivity index (χ1v) is 5.54. The molecule has 0 bridgehead atoms. The number of hydrogen-bond acceptors (Lipinski definition) is 3. The van der Waals surface area contributed by atoms with E-state index in [2.05, 4.69) is 26.3 Å². The highest BCUT2D eigenvalue weighted by atomic mass is 79.9. The lowest BCUT2D eigenvalue weighted by molar-refractivity contribution is -0.0961. The van der Waals surface area contributed by atoms with Gasteiger partial charge in [0.1, 0.15) is 6.61 Å². The molecule has 2 unspecified atom stereocenters. The number of hydrogen-bond donors (Lipinski definition) is 0. The molecule has 0 N–H and O–H groups in total. The Morgan fingerprint density at radius 3 is 2.60 bits per heavy atom. The van der Waals surface area contributed by atoms with Gasteiger partial charge < -0.3 is 13.9 Å². The largest absolute Gasteiger partial charge is 0.473 e. The molecule has 0 aromatic carbocycles. The van der Waals surface area contributed by atoms with Crippen LogP contribution in [0.3, 0.4) is 0 Å². The van der Waals surface area contributed by atoms with E-state index in [0.29, 0.717) is 11.4 Å². The van der Waals surface area contributed by atoms with Crippen LogP contribution in [0.4, 0.5) is 0 Å². The van der Waals surface area contributed by atoms with Crippen molar-refractivity contribution in [2.75, 3.05) is 13.2 Å². The predicted molar refractivity (Wildman–Crippen MR) is 60.6 cm³/mol. The van der Waals surface area contributed by atoms with Crippen molar-refractivity contribution in [3.63, 3.8) is 0 Å². The molecular weight excluding hydrogens is 260 g/mol. The van der Waals surface area contributed by atoms with E-state index in [1.165, 1.54) is 0 Å². The molecule has 0 radical (unpaired) electrons. The summed E-state index contributed by atoms with van der Waals surface area (Å²) in [6, 6.07) is 3.67. The molecule has 1 aliphatic rings. The van der Waals surface area contributed by atoms with Gasteiger partial charge in [-0.15, -0.1) is 6.42 Å². The zero-order valence-electron chi connectivity index (χ0n) is 8.27. The fourth-order valence-electron chi connectivity index (χ4n) is 1.05. The molecule has 82 valence electrons. The van der Waals surface area contributed by atoms with Crippen LogP contribution in [-0.2, 0) is 9.47 Å². The maximum absolute atomic E-state index is 5.20. The molecule has 2 rings (SSSR count). The number of alkyl halides is 1. The molecule has 1 fully saturated rings. The molecule has 2 atom stereocenters. The summed E-state index contributed by atoms with van der Waals surface area (Å²) in [7, 11) is 0. The lowest BCUT2D eigenvalue weighted by Crippen LogP contribution is -2.19. The van der Waals surface area contributed by atoms with Gasteiger partial charge in [-0.1, -0.05) is 21.9 Å². The number of terminal acetylenes is 1. The van der Waals surface area contributed by atoms with E-state index in [4.69, 9.17) is 15.9 Å². The Morgan fingerprint density at radius 2 is 2.20 bits per heavy atom. The van der Waals surface area contributed by atoms with Crippen molar-refractivity contribution < 1.29 is 13.9 Å². The first-order valence-electron chi connectivity index (χ1n) is 4.62. The highest BCUT2D eigenvalue weighted by Crippen LogP contribution is 2.21. The highest BCUT2D eigenvalue weighted by Gasteiger charge is 2.25. The summed E-state index contributed by atoms with van der Waals surface area (Å²) in [5.41, 5.74) is 0. The van der Waals surface area contributed by atoms with Crippen LogP contribution in [0.5, 0.6) is 0 Å². The molecule has 2 heterocycles. The van der Waals surface area contributed by atoms with Crippen molar-refractivity contribution in [1.82, 2.24) is 0 Å². The van der Waals surface area contributed by atoms with Crippen LogP contribution in [0.2, 0.25) is 0 Å². The second-order valence-electron chi connectivity index (χ2n) is 2.85. The van der Waals surface area contributed by atoms with Crippen LogP contribution in [0, 0.1) is 12.3 Å². The number of rotatable bonds is 2. The molecule has 1 aromatic heterocycles. The Bertz CT molecular complexity index is 261. The molecule has 0 aliphatic carbocycles. The van der Waals surface area contributed by atoms with Crippen molar-refractivity contribution in [3.05, 3.63) is 24.7 Å². The van der Waals surface area contributed by atoms with Crippen molar-refractivity contribution in [2.24, 2.45) is 0 Å². The predicted octanol–water partition coefficient (Wildman–Crippen LogP) is 2.43. The summed E-state index contributed by atoms with van der Waals surface area (Å²) in [4.78, 5) is 0.306. The summed E-state index contributed by atoms with van der Waals surface area (Å²) in [6.45, 7) is 1.08. The van der Waals surface area contributed by atoms with Gasteiger partial charge in [0.25, 0.3) is 0 Å². The Kier molecular flexibility index (Phi) is 6.17. The highest BCUT2D eigenvalue weighted by molar-refractivity contribution is 9.09. The second kappa shape index (κ2) is 7.52. The van der Waals surface area contributed by atoms with E-state index in [0.717, 1.165) is 13.0 Å². The molecule has 0 amide bonds. The molecule has 0 spiro atoms. The average Bonchev–Trinajstić information content (AvgIpc) is 2.89. The van der Waals surface area contributed by atoms with Gasteiger partial charge >= 0.3 is 0 Å². The van der Waals surface area contributed by atoms with Crippen LogP contribution in [0.25, 0.3) is 0 Å². The van der Waals surface area contributed by atoms with Crippen LogP contribution >= 0.6 is 15.9 Å². The van der Waals surface area contributed by atoms with Crippen molar-refractivity contribution >= 4 is 15.9 Å². The van der Waals surface area contributed by atoms with Gasteiger partial charge in [0.2, 0.25) is 0 Å². The average molecular weight is 273 g/mol. The van der Waals surface area contributed by atoms with E-state index in [-0.39, 0.29) is 6.29 Å². The summed E-state index contributed by atoms with van der Waals surface area (Å²) in [5.74, 6) is 2.39. The zero-order valence-corrected chi connectivity index (χ0v) is 9.85. The van der Waals surface area contributed by atoms with Gasteiger partial charge in [-0.05, 0) is 18.6 Å². The number of furan rings is 1. The van der Waals surface area contributed by atoms with Crippen molar-refractivity contribution in [3.8, 4) is 12.3 Å². The summed E-state index contributed by atoms with van der Waals surface area (Å²) < 4.78 is 14.9. The monoisotopic (exact) mass is 272 g/mol. The van der Waals surface area contributed by atoms with E-state index in [1.807, 2.05) is 12.1 Å². The first-order chi connectivity index (χ1) is 7.34. The minimum atomic E-state index is -0.143. The minimum absolute atomic E-state index is 0.143. The van der Waals surface area contributed by atoms with Crippen molar-refractivity contribution in [2.45, 2.75) is 17.5 Å². The molecule has 0 saturated carbocycles. The van der Waals surface area contributed by atoms with Crippen LogP contribution < -0.4 is 0 Å². The quantitative estimate of drug-likeness (QED) is 0.612. The van der Waals surface area contributed by atoms with E-state index < -0.39 is 0 Å². The van der Waals surface area contributed by atoms with Gasteiger partial charge in [-0.3, -0.25) is 0 Å². The van der Waals surface area contributed by atoms with Crippen molar-refractivity contribution in [1.29, 1.82) is 0 Å². The van der Waals surface area contributed by atoms with Crippen LogP contribution in [0.15, 0.2) is 29.1 Å². The fraction of sp³-hybridized carbons (Fsp3) is 0.455. The summed E-state index contributed by atoms with van der Waals surface area (Å²) >= 11 is 3.42. The van der Waals surface area contributed by atoms with E-state index in [1.54, 1.807) is 12.5 Å². The first kappa shape index (κ1) is 12.3. The Labute approximate surface area is 97.9 Å². The fourth-order valence-corrected chi connectivity index (χ4v) is 1.54. The Balaban J connectivity index is 0.000000187. The second-order valence-corrected chi connectivity index (χ2v) is 4.03. The maximum atomic E-state index is 5.20. The lowest BCUT2D eigenvalue weighted by atomic mass is 10.4. The summed E-state index contributed by atoms with van der Waals surface area (Å²) in [6.07, 6.45) is 9.11. The Morgan fingerprint density at radius 1 is 1.47 bits per heavy atom. The van der Waals surface area contributed by atoms with E-state index >= 15 is 0 Å². The van der Waals surface area contributed by atoms with Gasteiger partial charge in [0.05, 0.1) is 24.0 Å². The van der Waals surface area contributed by atoms with Gasteiger partial charge in [0.15, 0.2) is 6.29 Å². The zero-order chi connectivity index (χ0) is 10.9. The standard InChI is InChI=1S/C7H9BrO2.C4H4O/c1-2-4-9-7-6(8)3-5-10-7;1-2-4-5-3-1/h1,6-7H,3-5H2;1-4H. The molecule has 4 heteroatoms. The molecule has 3 nitrogen and oxygen atoms in total. The van der Waals surface area contributed by atoms with Crippen LogP contribution in [0.1, 0.15) is 6.42 Å². The molecular formula is C11H13BrO3. The third-order valence-corrected chi connectivity index (χ3v) is 2.62. The third kappa shape index (κ3) is 5.03. The molecule has 1 aliphatic heterocycles. The third-order valence-electron chi connectivity index (χ3n) is 1.73. The normalized spacial score (nSPS) is 24.0. The maximum Gasteiger partial charge on any atom is 0.171 e. The van der Waals surface area contributed by atoms with Gasteiger partial charge in [0, 0.05) is 0 Å². The minimum Gasteiger partial charge on any atom is -0.473 e. The summed E-state index contributed by atoms with van der Waals surface area (Å²) in [5, 5.41) is 0. The van der Waals surface area contributed by atoms with Crippen LogP contribution in [-0.4, -0.2) is 24.3 Å². The Hall–Kier alpha value is -0.760. The smallest absolute Gasteiger partial charge is 0.171 e. The number of ether oxygens (including phenoxy) is 2. The molecule has 15 heavy (non-hydrogen) atoms.